The quantitative estimate of drug-likeness (QED) is 0.742. The first-order chi connectivity index (χ1) is 5.96. The maximum atomic E-state index is 11.6. The average molecular weight is 206 g/mol. The van der Waals surface area contributed by atoms with Gasteiger partial charge in [-0.3, -0.25) is 4.79 Å². The van der Waals surface area contributed by atoms with Gasteiger partial charge in [-0.1, -0.05) is 12.8 Å². The second kappa shape index (κ2) is 3.65. The lowest BCUT2D eigenvalue weighted by Gasteiger charge is -2.13. The van der Waals surface area contributed by atoms with E-state index in [0.29, 0.717) is 12.8 Å². The molecule has 0 aliphatic heterocycles. The van der Waals surface area contributed by atoms with Gasteiger partial charge in [0.25, 0.3) is 0 Å². The van der Waals surface area contributed by atoms with E-state index in [-0.39, 0.29) is 0 Å². The van der Waals surface area contributed by atoms with E-state index in [1.165, 1.54) is 6.92 Å². The Morgan fingerprint density at radius 3 is 2.23 bits per heavy atom. The van der Waals surface area contributed by atoms with Crippen LogP contribution in [-0.4, -0.2) is 30.0 Å². The zero-order valence-corrected chi connectivity index (χ0v) is 8.38. The highest BCUT2D eigenvalue weighted by Crippen LogP contribution is 2.27. The van der Waals surface area contributed by atoms with Gasteiger partial charge < -0.3 is 5.11 Å². The molecule has 1 saturated carbocycles. The summed E-state index contributed by atoms with van der Waals surface area (Å²) in [6, 6.07) is 0. The van der Waals surface area contributed by atoms with Crippen LogP contribution in [0, 0.1) is 0 Å². The van der Waals surface area contributed by atoms with E-state index in [2.05, 4.69) is 0 Å². The third-order valence-electron chi connectivity index (χ3n) is 2.61. The van der Waals surface area contributed by atoms with Crippen molar-refractivity contribution >= 4 is 15.8 Å². The summed E-state index contributed by atoms with van der Waals surface area (Å²) < 4.78 is 23.2. The smallest absolute Gasteiger partial charge is 0.321 e. The van der Waals surface area contributed by atoms with E-state index in [1.54, 1.807) is 0 Å². The van der Waals surface area contributed by atoms with Gasteiger partial charge in [-0.25, -0.2) is 8.42 Å². The zero-order chi connectivity index (χ0) is 10.1. The van der Waals surface area contributed by atoms with Crippen molar-refractivity contribution in [1.82, 2.24) is 0 Å². The van der Waals surface area contributed by atoms with Gasteiger partial charge in [-0.2, -0.15) is 0 Å². The minimum absolute atomic E-state index is 0.418. The monoisotopic (exact) mass is 206 g/mol. The number of sulfone groups is 1. The van der Waals surface area contributed by atoms with Crippen molar-refractivity contribution in [3.63, 3.8) is 0 Å². The SMILES string of the molecule is CC(C(=O)O)S(=O)(=O)C1CCCC1. The van der Waals surface area contributed by atoms with Crippen LogP contribution in [0.2, 0.25) is 0 Å². The lowest BCUT2D eigenvalue weighted by Crippen LogP contribution is -2.34. The molecule has 1 N–H and O–H groups in total. The van der Waals surface area contributed by atoms with Crippen LogP contribution in [0.5, 0.6) is 0 Å². The molecule has 0 heterocycles. The highest BCUT2D eigenvalue weighted by atomic mass is 32.2. The predicted molar refractivity (Wildman–Crippen MR) is 48.3 cm³/mol. The van der Waals surface area contributed by atoms with Crippen molar-refractivity contribution in [2.45, 2.75) is 43.1 Å². The Bertz CT molecular complexity index is 287. The first-order valence-corrected chi connectivity index (χ1v) is 6.02. The summed E-state index contributed by atoms with van der Waals surface area (Å²) >= 11 is 0. The summed E-state index contributed by atoms with van der Waals surface area (Å²) in [5.41, 5.74) is 0. The number of hydrogen-bond donors (Lipinski definition) is 1. The number of hydrogen-bond acceptors (Lipinski definition) is 3. The van der Waals surface area contributed by atoms with Crippen LogP contribution in [0.3, 0.4) is 0 Å². The summed E-state index contributed by atoms with van der Waals surface area (Å²) in [6.45, 7) is 1.25. The third kappa shape index (κ3) is 2.02. The van der Waals surface area contributed by atoms with Gasteiger partial charge in [0.05, 0.1) is 5.25 Å². The van der Waals surface area contributed by atoms with Gasteiger partial charge in [-0.15, -0.1) is 0 Å². The second-order valence-electron chi connectivity index (χ2n) is 3.48. The Labute approximate surface area is 77.9 Å². The summed E-state index contributed by atoms with van der Waals surface area (Å²) in [5.74, 6) is -1.24. The molecule has 0 radical (unpaired) electrons. The van der Waals surface area contributed by atoms with E-state index in [0.717, 1.165) is 12.8 Å². The van der Waals surface area contributed by atoms with Crippen molar-refractivity contribution in [1.29, 1.82) is 0 Å². The molecule has 13 heavy (non-hydrogen) atoms. The molecule has 0 aromatic carbocycles. The first-order valence-electron chi connectivity index (χ1n) is 4.41. The van der Waals surface area contributed by atoms with Gasteiger partial charge in [0.2, 0.25) is 0 Å². The highest BCUT2D eigenvalue weighted by Gasteiger charge is 2.36. The largest absolute Gasteiger partial charge is 0.480 e. The molecule has 0 amide bonds. The number of carbonyl (C=O) groups is 1. The van der Waals surface area contributed by atoms with Gasteiger partial charge in [0.15, 0.2) is 15.1 Å². The summed E-state index contributed by atoms with van der Waals surface area (Å²) in [5, 5.41) is 6.93. The van der Waals surface area contributed by atoms with Crippen LogP contribution in [0.4, 0.5) is 0 Å². The van der Waals surface area contributed by atoms with Crippen LogP contribution >= 0.6 is 0 Å². The molecule has 0 saturated heterocycles. The van der Waals surface area contributed by atoms with Crippen LogP contribution in [-0.2, 0) is 14.6 Å². The fourth-order valence-electron chi connectivity index (χ4n) is 1.65. The van der Waals surface area contributed by atoms with Gasteiger partial charge >= 0.3 is 5.97 Å². The molecule has 0 aromatic heterocycles. The van der Waals surface area contributed by atoms with Crippen LogP contribution in [0.15, 0.2) is 0 Å². The van der Waals surface area contributed by atoms with E-state index in [1.807, 2.05) is 0 Å². The van der Waals surface area contributed by atoms with E-state index in [4.69, 9.17) is 5.11 Å². The van der Waals surface area contributed by atoms with Gasteiger partial charge in [0.1, 0.15) is 0 Å². The number of aliphatic carboxylic acids is 1. The Kier molecular flexibility index (Phi) is 2.95. The number of carboxylic acid groups (broad SMARTS) is 1. The normalized spacial score (nSPS) is 21.6. The first kappa shape index (κ1) is 10.5. The lowest BCUT2D eigenvalue weighted by molar-refractivity contribution is -0.136. The van der Waals surface area contributed by atoms with Crippen molar-refractivity contribution < 1.29 is 18.3 Å². The number of carboxylic acids is 1. The summed E-state index contributed by atoms with van der Waals surface area (Å²) in [4.78, 5) is 10.5. The average Bonchev–Trinajstić information content (AvgIpc) is 2.54. The van der Waals surface area contributed by atoms with Gasteiger partial charge in [-0.05, 0) is 19.8 Å². The second-order valence-corrected chi connectivity index (χ2v) is 6.03. The lowest BCUT2D eigenvalue weighted by atomic mass is 10.4. The van der Waals surface area contributed by atoms with Crippen molar-refractivity contribution in [3.8, 4) is 0 Å². The molecule has 5 heteroatoms. The summed E-state index contributed by atoms with van der Waals surface area (Å²) in [7, 11) is -3.44. The fraction of sp³-hybridized carbons (Fsp3) is 0.875. The minimum Gasteiger partial charge on any atom is -0.480 e. The Morgan fingerprint density at radius 2 is 1.85 bits per heavy atom. The van der Waals surface area contributed by atoms with E-state index >= 15 is 0 Å². The molecule has 1 unspecified atom stereocenters. The molecular weight excluding hydrogens is 192 g/mol. The number of rotatable bonds is 3. The topological polar surface area (TPSA) is 71.4 Å². The molecule has 4 nitrogen and oxygen atoms in total. The van der Waals surface area contributed by atoms with Gasteiger partial charge in [0, 0.05) is 0 Å². The van der Waals surface area contributed by atoms with Crippen molar-refractivity contribution in [3.05, 3.63) is 0 Å². The molecule has 1 aliphatic carbocycles. The highest BCUT2D eigenvalue weighted by molar-refractivity contribution is 7.93. The summed E-state index contributed by atoms with van der Waals surface area (Å²) in [6.07, 6.45) is 3.05. The Balaban J connectivity index is 2.81. The van der Waals surface area contributed by atoms with Crippen LogP contribution < -0.4 is 0 Å². The standard InChI is InChI=1S/C8H14O4S/c1-6(8(9)10)13(11,12)7-4-2-3-5-7/h6-7H,2-5H2,1H3,(H,9,10). The third-order valence-corrected chi connectivity index (χ3v) is 5.20. The zero-order valence-electron chi connectivity index (χ0n) is 7.56. The van der Waals surface area contributed by atoms with Crippen molar-refractivity contribution in [2.75, 3.05) is 0 Å². The molecule has 0 aromatic rings. The molecule has 1 aliphatic rings. The molecule has 1 rings (SSSR count). The molecule has 1 atom stereocenters. The minimum atomic E-state index is -3.44. The molecular formula is C8H14O4S. The molecule has 76 valence electrons. The van der Waals surface area contributed by atoms with Crippen LogP contribution in [0.1, 0.15) is 32.6 Å². The van der Waals surface area contributed by atoms with E-state index < -0.39 is 26.3 Å². The predicted octanol–water partition coefficient (Wildman–Crippen LogP) is 0.817. The maximum Gasteiger partial charge on any atom is 0.321 e. The molecule has 0 spiro atoms. The molecule has 0 bridgehead atoms. The van der Waals surface area contributed by atoms with Crippen LogP contribution in [0.25, 0.3) is 0 Å². The van der Waals surface area contributed by atoms with E-state index in [9.17, 15) is 13.2 Å². The van der Waals surface area contributed by atoms with Crippen molar-refractivity contribution in [2.24, 2.45) is 0 Å². The molecule has 1 fully saturated rings. The maximum absolute atomic E-state index is 11.6. The Morgan fingerprint density at radius 1 is 1.38 bits per heavy atom. The fourth-order valence-corrected chi connectivity index (χ4v) is 3.49. The Hall–Kier alpha value is -0.580.